The molecule has 1 N–H and O–H groups in total. The smallest absolute Gasteiger partial charge is 0.227 e. The second-order valence-corrected chi connectivity index (χ2v) is 5.16. The van der Waals surface area contributed by atoms with Gasteiger partial charge in [0.25, 0.3) is 0 Å². The van der Waals surface area contributed by atoms with Crippen molar-refractivity contribution in [1.82, 2.24) is 20.2 Å². The van der Waals surface area contributed by atoms with E-state index < -0.39 is 0 Å². The third kappa shape index (κ3) is 2.99. The lowest BCUT2D eigenvalue weighted by Gasteiger charge is -2.17. The van der Waals surface area contributed by atoms with Gasteiger partial charge in [0.15, 0.2) is 5.82 Å². The van der Waals surface area contributed by atoms with E-state index in [0.717, 1.165) is 30.6 Å². The summed E-state index contributed by atoms with van der Waals surface area (Å²) in [6.07, 6.45) is 6.91. The highest BCUT2D eigenvalue weighted by Crippen LogP contribution is 2.21. The molecule has 6 heteroatoms. The van der Waals surface area contributed by atoms with Gasteiger partial charge in [0.2, 0.25) is 5.91 Å². The number of nitrogens with one attached hydrogen (secondary N) is 1. The van der Waals surface area contributed by atoms with Crippen LogP contribution in [0.5, 0.6) is 0 Å². The maximum absolute atomic E-state index is 12.2. The van der Waals surface area contributed by atoms with Gasteiger partial charge in [-0.2, -0.15) is 4.68 Å². The van der Waals surface area contributed by atoms with Crippen LogP contribution in [0, 0.1) is 12.8 Å². The first-order chi connectivity index (χ1) is 10.2. The summed E-state index contributed by atoms with van der Waals surface area (Å²) in [6.45, 7) is 1.83. The summed E-state index contributed by atoms with van der Waals surface area (Å²) in [4.78, 5) is 12.2. The number of amides is 1. The SMILES string of the molecule is Cc1nnnn1-c1cccc(NC(=O)C2CC=CCC2)c1. The Labute approximate surface area is 122 Å². The van der Waals surface area contributed by atoms with Crippen molar-refractivity contribution in [3.05, 3.63) is 42.2 Å². The minimum Gasteiger partial charge on any atom is -0.326 e. The number of allylic oxidation sites excluding steroid dienone is 2. The van der Waals surface area contributed by atoms with Crippen LogP contribution in [0.15, 0.2) is 36.4 Å². The lowest BCUT2D eigenvalue weighted by atomic mass is 9.93. The molecule has 3 rings (SSSR count). The zero-order valence-corrected chi connectivity index (χ0v) is 11.9. The molecule has 1 unspecified atom stereocenters. The van der Waals surface area contributed by atoms with E-state index in [-0.39, 0.29) is 11.8 Å². The fraction of sp³-hybridized carbons (Fsp3) is 0.333. The predicted molar refractivity (Wildman–Crippen MR) is 79.0 cm³/mol. The van der Waals surface area contributed by atoms with E-state index in [1.807, 2.05) is 31.2 Å². The van der Waals surface area contributed by atoms with Crippen molar-refractivity contribution in [2.24, 2.45) is 5.92 Å². The molecule has 1 heterocycles. The van der Waals surface area contributed by atoms with Gasteiger partial charge >= 0.3 is 0 Å². The Bertz CT molecular complexity index is 676. The van der Waals surface area contributed by atoms with Crippen molar-refractivity contribution in [3.63, 3.8) is 0 Å². The Morgan fingerprint density at radius 1 is 1.38 bits per heavy atom. The number of anilines is 1. The van der Waals surface area contributed by atoms with Gasteiger partial charge in [0.1, 0.15) is 0 Å². The Morgan fingerprint density at radius 2 is 2.29 bits per heavy atom. The number of hydrogen-bond donors (Lipinski definition) is 1. The van der Waals surface area contributed by atoms with E-state index in [9.17, 15) is 4.79 Å². The lowest BCUT2D eigenvalue weighted by Crippen LogP contribution is -2.23. The summed E-state index contributed by atoms with van der Waals surface area (Å²) < 4.78 is 1.64. The van der Waals surface area contributed by atoms with Crippen molar-refractivity contribution < 1.29 is 4.79 Å². The predicted octanol–water partition coefficient (Wildman–Crippen LogP) is 2.27. The molecule has 1 amide bonds. The van der Waals surface area contributed by atoms with E-state index in [1.165, 1.54) is 0 Å². The van der Waals surface area contributed by atoms with E-state index in [4.69, 9.17) is 0 Å². The number of hydrogen-bond acceptors (Lipinski definition) is 4. The van der Waals surface area contributed by atoms with Crippen LogP contribution in [0.25, 0.3) is 5.69 Å². The van der Waals surface area contributed by atoms with Crippen LogP contribution in [0.1, 0.15) is 25.1 Å². The first-order valence-electron chi connectivity index (χ1n) is 7.05. The standard InChI is InChI=1S/C15H17N5O/c1-11-17-18-19-20(11)14-9-5-8-13(10-14)16-15(21)12-6-3-2-4-7-12/h2-3,5,8-10,12H,4,6-7H2,1H3,(H,16,21). The van der Waals surface area contributed by atoms with Gasteiger partial charge in [-0.1, -0.05) is 18.2 Å². The quantitative estimate of drug-likeness (QED) is 0.877. The zero-order valence-electron chi connectivity index (χ0n) is 11.9. The summed E-state index contributed by atoms with van der Waals surface area (Å²) >= 11 is 0. The third-order valence-electron chi connectivity index (χ3n) is 3.62. The van der Waals surface area contributed by atoms with Gasteiger partial charge in [-0.15, -0.1) is 5.10 Å². The summed E-state index contributed by atoms with van der Waals surface area (Å²) in [5.41, 5.74) is 1.60. The molecule has 0 aliphatic heterocycles. The second-order valence-electron chi connectivity index (χ2n) is 5.16. The van der Waals surface area contributed by atoms with Crippen molar-refractivity contribution in [2.75, 3.05) is 5.32 Å². The van der Waals surface area contributed by atoms with Crippen molar-refractivity contribution in [3.8, 4) is 5.69 Å². The topological polar surface area (TPSA) is 72.7 Å². The Morgan fingerprint density at radius 3 is 3.00 bits per heavy atom. The molecule has 21 heavy (non-hydrogen) atoms. The van der Waals surface area contributed by atoms with Crippen LogP contribution in [-0.4, -0.2) is 26.1 Å². The average molecular weight is 283 g/mol. The number of carbonyl (C=O) groups excluding carboxylic acids is 1. The number of carbonyl (C=O) groups is 1. The lowest BCUT2D eigenvalue weighted by molar-refractivity contribution is -0.120. The van der Waals surface area contributed by atoms with Crippen LogP contribution in [-0.2, 0) is 4.79 Å². The fourth-order valence-corrected chi connectivity index (χ4v) is 2.46. The van der Waals surface area contributed by atoms with E-state index >= 15 is 0 Å². The number of aromatic nitrogens is 4. The Kier molecular flexibility index (Phi) is 3.77. The average Bonchev–Trinajstić information content (AvgIpc) is 2.94. The van der Waals surface area contributed by atoms with Gasteiger partial charge < -0.3 is 5.32 Å². The maximum atomic E-state index is 12.2. The van der Waals surface area contributed by atoms with Gasteiger partial charge in [-0.3, -0.25) is 4.79 Å². The maximum Gasteiger partial charge on any atom is 0.227 e. The molecule has 0 spiro atoms. The first-order valence-corrected chi connectivity index (χ1v) is 7.05. The van der Waals surface area contributed by atoms with Crippen molar-refractivity contribution in [1.29, 1.82) is 0 Å². The first kappa shape index (κ1) is 13.5. The van der Waals surface area contributed by atoms with E-state index in [1.54, 1.807) is 4.68 Å². The number of rotatable bonds is 3. The number of nitrogens with zero attached hydrogens (tertiary/aromatic N) is 4. The number of aryl methyl sites for hydroxylation is 1. The van der Waals surface area contributed by atoms with Gasteiger partial charge in [0, 0.05) is 11.6 Å². The van der Waals surface area contributed by atoms with Gasteiger partial charge in [-0.05, 0) is 54.8 Å². The number of tetrazole rings is 1. The highest BCUT2D eigenvalue weighted by atomic mass is 16.1. The highest BCUT2D eigenvalue weighted by molar-refractivity contribution is 5.93. The number of benzene rings is 1. The Hall–Kier alpha value is -2.50. The van der Waals surface area contributed by atoms with Crippen molar-refractivity contribution in [2.45, 2.75) is 26.2 Å². The van der Waals surface area contributed by atoms with Crippen LogP contribution in [0.4, 0.5) is 5.69 Å². The molecule has 1 aliphatic rings. The second kappa shape index (κ2) is 5.87. The van der Waals surface area contributed by atoms with E-state index in [0.29, 0.717) is 5.82 Å². The zero-order chi connectivity index (χ0) is 14.7. The normalized spacial score (nSPS) is 17.7. The molecular formula is C15H17N5O. The molecule has 0 radical (unpaired) electrons. The minimum atomic E-state index is 0.0634. The molecule has 0 saturated heterocycles. The van der Waals surface area contributed by atoms with Crippen molar-refractivity contribution >= 4 is 11.6 Å². The Balaban J connectivity index is 1.76. The molecular weight excluding hydrogens is 266 g/mol. The molecule has 6 nitrogen and oxygen atoms in total. The summed E-state index contributed by atoms with van der Waals surface area (Å²) in [5.74, 6) is 0.842. The van der Waals surface area contributed by atoms with Crippen LogP contribution >= 0.6 is 0 Å². The molecule has 0 saturated carbocycles. The van der Waals surface area contributed by atoms with E-state index in [2.05, 4.69) is 33.0 Å². The fourth-order valence-electron chi connectivity index (χ4n) is 2.46. The molecule has 1 aliphatic carbocycles. The molecule has 0 fully saturated rings. The third-order valence-corrected chi connectivity index (χ3v) is 3.62. The minimum absolute atomic E-state index is 0.0634. The monoisotopic (exact) mass is 283 g/mol. The van der Waals surface area contributed by atoms with Crippen LogP contribution < -0.4 is 5.32 Å². The molecule has 108 valence electrons. The van der Waals surface area contributed by atoms with Crippen LogP contribution in [0.2, 0.25) is 0 Å². The molecule has 0 bridgehead atoms. The molecule has 2 aromatic rings. The molecule has 1 aromatic carbocycles. The van der Waals surface area contributed by atoms with Gasteiger partial charge in [0.05, 0.1) is 5.69 Å². The summed E-state index contributed by atoms with van der Waals surface area (Å²) in [5, 5.41) is 14.4. The molecule has 1 aromatic heterocycles. The molecule has 1 atom stereocenters. The summed E-state index contributed by atoms with van der Waals surface area (Å²) in [7, 11) is 0. The highest BCUT2D eigenvalue weighted by Gasteiger charge is 2.18. The largest absolute Gasteiger partial charge is 0.326 e. The van der Waals surface area contributed by atoms with Gasteiger partial charge in [-0.25, -0.2) is 0 Å². The van der Waals surface area contributed by atoms with Crippen LogP contribution in [0.3, 0.4) is 0 Å². The summed E-state index contributed by atoms with van der Waals surface area (Å²) in [6, 6.07) is 7.54.